The molecule has 1 atom stereocenters. The van der Waals surface area contributed by atoms with Gasteiger partial charge in [0.2, 0.25) is 10.0 Å². The maximum atomic E-state index is 12.3. The fourth-order valence-corrected chi connectivity index (χ4v) is 3.28. The monoisotopic (exact) mass is 312 g/mol. The number of rotatable bonds is 7. The molecule has 0 aliphatic heterocycles. The van der Waals surface area contributed by atoms with Gasteiger partial charge in [-0.05, 0) is 30.9 Å². The lowest BCUT2D eigenvalue weighted by Gasteiger charge is -2.21. The molecule has 0 aromatic heterocycles. The number of carbonyl (C=O) groups is 1. The van der Waals surface area contributed by atoms with Crippen LogP contribution in [-0.4, -0.2) is 43.9 Å². The Bertz CT molecular complexity index is 624. The number of para-hydroxylation sites is 1. The molecule has 7 heteroatoms. The van der Waals surface area contributed by atoms with Crippen molar-refractivity contribution in [2.24, 2.45) is 5.92 Å². The van der Waals surface area contributed by atoms with Gasteiger partial charge in [0.25, 0.3) is 0 Å². The summed E-state index contributed by atoms with van der Waals surface area (Å²) in [6.07, 6.45) is 1.95. The molecule has 0 saturated heterocycles. The van der Waals surface area contributed by atoms with E-state index in [1.165, 1.54) is 20.2 Å². The van der Waals surface area contributed by atoms with Gasteiger partial charge in [-0.2, -0.15) is 0 Å². The molecule has 0 radical (unpaired) electrons. The maximum Gasteiger partial charge on any atom is 0.305 e. The van der Waals surface area contributed by atoms with E-state index in [0.29, 0.717) is 11.6 Å². The number of nitrogens with zero attached hydrogens (tertiary/aromatic N) is 1. The van der Waals surface area contributed by atoms with Gasteiger partial charge in [-0.25, -0.2) is 12.7 Å². The Morgan fingerprint density at radius 1 is 1.38 bits per heavy atom. The molecule has 1 aromatic carbocycles. The Morgan fingerprint density at radius 3 is 2.52 bits per heavy atom. The fourth-order valence-electron chi connectivity index (χ4n) is 2.23. The van der Waals surface area contributed by atoms with Crippen LogP contribution in [0.3, 0.4) is 0 Å². The first-order chi connectivity index (χ1) is 9.82. The van der Waals surface area contributed by atoms with Crippen molar-refractivity contribution in [2.75, 3.05) is 19.4 Å². The lowest BCUT2D eigenvalue weighted by Crippen LogP contribution is -2.28. The molecule has 21 heavy (non-hydrogen) atoms. The van der Waals surface area contributed by atoms with Gasteiger partial charge in [-0.15, -0.1) is 0 Å². The standard InChI is InChI=1S/C14H20N2O4S/c1-16(2)21(19,20)13-6-4-3-5-11(13)15-12(9-14(17)18)10-7-8-10/h3-6,10,12,15H,7-9H2,1-2H3,(H,17,18). The fraction of sp³-hybridized carbons (Fsp3) is 0.500. The van der Waals surface area contributed by atoms with E-state index in [1.807, 2.05) is 0 Å². The molecular weight excluding hydrogens is 292 g/mol. The molecule has 0 bridgehead atoms. The molecule has 0 amide bonds. The van der Waals surface area contributed by atoms with E-state index < -0.39 is 16.0 Å². The third kappa shape index (κ3) is 3.74. The van der Waals surface area contributed by atoms with Crippen LogP contribution in [0.5, 0.6) is 0 Å². The molecule has 2 rings (SSSR count). The number of hydrogen-bond donors (Lipinski definition) is 2. The van der Waals surface area contributed by atoms with Gasteiger partial charge >= 0.3 is 5.97 Å². The summed E-state index contributed by atoms with van der Waals surface area (Å²) in [5.41, 5.74) is 0.462. The van der Waals surface area contributed by atoms with Crippen LogP contribution in [-0.2, 0) is 14.8 Å². The first-order valence-corrected chi connectivity index (χ1v) is 8.26. The minimum atomic E-state index is -3.56. The Morgan fingerprint density at radius 2 is 2.00 bits per heavy atom. The SMILES string of the molecule is CN(C)S(=O)(=O)c1ccccc1NC(CC(=O)O)C1CC1. The van der Waals surface area contributed by atoms with Crippen molar-refractivity contribution in [3.05, 3.63) is 24.3 Å². The third-order valence-corrected chi connectivity index (χ3v) is 5.45. The predicted octanol–water partition coefficient (Wildman–Crippen LogP) is 1.60. The van der Waals surface area contributed by atoms with Crippen LogP contribution in [0.4, 0.5) is 5.69 Å². The van der Waals surface area contributed by atoms with Gasteiger partial charge in [-0.3, -0.25) is 4.79 Å². The zero-order chi connectivity index (χ0) is 15.6. The van der Waals surface area contributed by atoms with Gasteiger partial charge in [-0.1, -0.05) is 12.1 Å². The summed E-state index contributed by atoms with van der Waals surface area (Å²) in [5, 5.41) is 12.1. The normalized spacial score (nSPS) is 16.7. The second-order valence-corrected chi connectivity index (χ2v) is 7.59. The number of benzene rings is 1. The molecule has 2 N–H and O–H groups in total. The molecule has 6 nitrogen and oxygen atoms in total. The molecule has 0 heterocycles. The van der Waals surface area contributed by atoms with E-state index in [4.69, 9.17) is 5.11 Å². The molecule has 1 unspecified atom stereocenters. The smallest absolute Gasteiger partial charge is 0.305 e. The summed E-state index contributed by atoms with van der Waals surface area (Å²) in [7, 11) is -0.616. The van der Waals surface area contributed by atoms with Crippen molar-refractivity contribution < 1.29 is 18.3 Å². The lowest BCUT2D eigenvalue weighted by molar-refractivity contribution is -0.137. The van der Waals surface area contributed by atoms with Crippen molar-refractivity contribution in [1.29, 1.82) is 0 Å². The number of anilines is 1. The largest absolute Gasteiger partial charge is 0.481 e. The molecule has 1 fully saturated rings. The maximum absolute atomic E-state index is 12.3. The molecule has 0 spiro atoms. The zero-order valence-corrected chi connectivity index (χ0v) is 12.9. The molecular formula is C14H20N2O4S. The molecule has 1 aliphatic rings. The van der Waals surface area contributed by atoms with Gasteiger partial charge < -0.3 is 10.4 Å². The predicted molar refractivity (Wildman–Crippen MR) is 79.7 cm³/mol. The first-order valence-electron chi connectivity index (χ1n) is 6.82. The van der Waals surface area contributed by atoms with Crippen LogP contribution in [0, 0.1) is 5.92 Å². The highest BCUT2D eigenvalue weighted by atomic mass is 32.2. The van der Waals surface area contributed by atoms with Crippen molar-refractivity contribution in [1.82, 2.24) is 4.31 Å². The van der Waals surface area contributed by atoms with E-state index in [9.17, 15) is 13.2 Å². The Kier molecular flexibility index (Phi) is 4.53. The van der Waals surface area contributed by atoms with Crippen LogP contribution >= 0.6 is 0 Å². The average molecular weight is 312 g/mol. The number of aliphatic carboxylic acids is 1. The molecule has 116 valence electrons. The minimum Gasteiger partial charge on any atom is -0.481 e. The van der Waals surface area contributed by atoms with Crippen molar-refractivity contribution in [2.45, 2.75) is 30.2 Å². The van der Waals surface area contributed by atoms with Crippen molar-refractivity contribution >= 4 is 21.7 Å². The van der Waals surface area contributed by atoms with E-state index in [0.717, 1.165) is 17.1 Å². The first kappa shape index (κ1) is 15.8. The summed E-state index contributed by atoms with van der Waals surface area (Å²) < 4.78 is 25.8. The summed E-state index contributed by atoms with van der Waals surface area (Å²) in [4.78, 5) is 11.1. The van der Waals surface area contributed by atoms with E-state index >= 15 is 0 Å². The lowest BCUT2D eigenvalue weighted by atomic mass is 10.1. The summed E-state index contributed by atoms with van der Waals surface area (Å²) in [6, 6.07) is 6.36. The molecule has 1 aromatic rings. The summed E-state index contributed by atoms with van der Waals surface area (Å²) in [6.45, 7) is 0. The van der Waals surface area contributed by atoms with Crippen LogP contribution in [0.15, 0.2) is 29.2 Å². The van der Waals surface area contributed by atoms with E-state index in [1.54, 1.807) is 18.2 Å². The zero-order valence-electron chi connectivity index (χ0n) is 12.1. The number of carboxylic acids is 1. The van der Waals surface area contributed by atoms with Crippen LogP contribution in [0.2, 0.25) is 0 Å². The molecule has 1 aliphatic carbocycles. The summed E-state index contributed by atoms with van der Waals surface area (Å²) >= 11 is 0. The summed E-state index contributed by atoms with van der Waals surface area (Å²) in [5.74, 6) is -0.580. The second kappa shape index (κ2) is 6.03. The molecule has 1 saturated carbocycles. The topological polar surface area (TPSA) is 86.7 Å². The second-order valence-electron chi connectivity index (χ2n) is 5.47. The van der Waals surface area contributed by atoms with E-state index in [2.05, 4.69) is 5.32 Å². The number of sulfonamides is 1. The van der Waals surface area contributed by atoms with Crippen LogP contribution < -0.4 is 5.32 Å². The van der Waals surface area contributed by atoms with Gasteiger partial charge in [0.05, 0.1) is 12.1 Å². The highest BCUT2D eigenvalue weighted by Crippen LogP contribution is 2.36. The number of hydrogen-bond acceptors (Lipinski definition) is 4. The highest BCUT2D eigenvalue weighted by Gasteiger charge is 2.33. The number of carboxylic acid groups (broad SMARTS) is 1. The number of nitrogens with one attached hydrogen (secondary N) is 1. The van der Waals surface area contributed by atoms with Gasteiger partial charge in [0.1, 0.15) is 4.90 Å². The van der Waals surface area contributed by atoms with Crippen molar-refractivity contribution in [3.63, 3.8) is 0 Å². The van der Waals surface area contributed by atoms with Crippen molar-refractivity contribution in [3.8, 4) is 0 Å². The third-order valence-electron chi connectivity index (χ3n) is 3.57. The quantitative estimate of drug-likeness (QED) is 0.798. The van der Waals surface area contributed by atoms with Gasteiger partial charge in [0, 0.05) is 20.1 Å². The van der Waals surface area contributed by atoms with Crippen LogP contribution in [0.1, 0.15) is 19.3 Å². The Labute approximate surface area is 124 Å². The van der Waals surface area contributed by atoms with Gasteiger partial charge in [0.15, 0.2) is 0 Å². The van der Waals surface area contributed by atoms with E-state index in [-0.39, 0.29) is 17.4 Å². The van der Waals surface area contributed by atoms with Crippen LogP contribution in [0.25, 0.3) is 0 Å². The Hall–Kier alpha value is -1.60. The Balaban J connectivity index is 2.29. The minimum absolute atomic E-state index is 0.0129. The highest BCUT2D eigenvalue weighted by molar-refractivity contribution is 7.89. The average Bonchev–Trinajstić information content (AvgIpc) is 3.22.